The maximum Gasteiger partial charge on any atom is 0.0180 e. The lowest BCUT2D eigenvalue weighted by Gasteiger charge is -2.42. The van der Waals surface area contributed by atoms with Gasteiger partial charge in [0.2, 0.25) is 0 Å². The van der Waals surface area contributed by atoms with Crippen molar-refractivity contribution in [3.05, 3.63) is 35.4 Å². The first-order valence-corrected chi connectivity index (χ1v) is 7.75. The Kier molecular flexibility index (Phi) is 5.19. The number of nitrogens with two attached hydrogens (primary N) is 1. The Morgan fingerprint density at radius 1 is 1.00 bits per heavy atom. The highest BCUT2D eigenvalue weighted by Gasteiger charge is 2.25. The van der Waals surface area contributed by atoms with E-state index in [0.29, 0.717) is 12.1 Å². The van der Waals surface area contributed by atoms with Crippen LogP contribution >= 0.6 is 0 Å². The quantitative estimate of drug-likeness (QED) is 0.913. The average Bonchev–Trinajstić information content (AvgIpc) is 2.45. The van der Waals surface area contributed by atoms with E-state index < -0.39 is 0 Å². The van der Waals surface area contributed by atoms with Gasteiger partial charge < -0.3 is 10.6 Å². The van der Waals surface area contributed by atoms with E-state index in [2.05, 4.69) is 54.8 Å². The van der Waals surface area contributed by atoms with Gasteiger partial charge in [0.25, 0.3) is 0 Å². The van der Waals surface area contributed by atoms with Gasteiger partial charge in [0.05, 0.1) is 0 Å². The number of rotatable bonds is 4. The first-order valence-electron chi connectivity index (χ1n) is 7.75. The summed E-state index contributed by atoms with van der Waals surface area (Å²) in [4.78, 5) is 5.16. The van der Waals surface area contributed by atoms with E-state index in [4.69, 9.17) is 5.73 Å². The molecule has 1 saturated heterocycles. The van der Waals surface area contributed by atoms with E-state index in [-0.39, 0.29) is 0 Å². The predicted molar refractivity (Wildman–Crippen MR) is 85.8 cm³/mol. The topological polar surface area (TPSA) is 32.5 Å². The Hall–Kier alpha value is -0.900. The Morgan fingerprint density at radius 2 is 1.60 bits per heavy atom. The second-order valence-corrected chi connectivity index (χ2v) is 6.72. The van der Waals surface area contributed by atoms with Gasteiger partial charge in [-0.25, -0.2) is 0 Å². The summed E-state index contributed by atoms with van der Waals surface area (Å²) in [5.74, 6) is 0. The predicted octanol–water partition coefficient (Wildman–Crippen LogP) is 2.10. The molecule has 20 heavy (non-hydrogen) atoms. The summed E-state index contributed by atoms with van der Waals surface area (Å²) in [7, 11) is 0. The van der Waals surface area contributed by atoms with E-state index in [9.17, 15) is 0 Å². The van der Waals surface area contributed by atoms with Gasteiger partial charge in [-0.2, -0.15) is 0 Å². The van der Waals surface area contributed by atoms with Gasteiger partial charge in [-0.1, -0.05) is 24.3 Å². The van der Waals surface area contributed by atoms with E-state index in [1.165, 1.54) is 37.3 Å². The Bertz CT molecular complexity index is 414. The molecule has 0 spiro atoms. The normalized spacial score (nSPS) is 18.4. The lowest BCUT2D eigenvalue weighted by Crippen LogP contribution is -2.53. The van der Waals surface area contributed by atoms with E-state index in [1.54, 1.807) is 0 Å². The molecule has 3 heteroatoms. The monoisotopic (exact) mass is 275 g/mol. The van der Waals surface area contributed by atoms with Crippen molar-refractivity contribution in [1.29, 1.82) is 0 Å². The second kappa shape index (κ2) is 6.70. The number of hydrogen-bond acceptors (Lipinski definition) is 3. The molecule has 1 aliphatic heterocycles. The molecular formula is C17H29N3. The van der Waals surface area contributed by atoms with Crippen LogP contribution in [-0.2, 0) is 13.0 Å². The Labute approximate surface area is 123 Å². The highest BCUT2D eigenvalue weighted by molar-refractivity contribution is 5.27. The molecule has 1 heterocycles. The number of hydrogen-bond donors (Lipinski definition) is 1. The molecule has 0 atom stereocenters. The van der Waals surface area contributed by atoms with Crippen molar-refractivity contribution in [3.63, 3.8) is 0 Å². The fourth-order valence-electron chi connectivity index (χ4n) is 2.92. The van der Waals surface area contributed by atoms with Crippen LogP contribution in [0.2, 0.25) is 0 Å². The molecule has 0 saturated carbocycles. The lowest BCUT2D eigenvalue weighted by atomic mass is 10.0. The van der Waals surface area contributed by atoms with Crippen LogP contribution in [0.5, 0.6) is 0 Å². The molecule has 0 bridgehead atoms. The molecule has 2 rings (SSSR count). The number of benzene rings is 1. The molecule has 1 aliphatic rings. The van der Waals surface area contributed by atoms with E-state index in [1.807, 2.05) is 0 Å². The average molecular weight is 275 g/mol. The maximum atomic E-state index is 5.81. The number of nitrogens with zero attached hydrogens (tertiary/aromatic N) is 2. The summed E-state index contributed by atoms with van der Waals surface area (Å²) >= 11 is 0. The van der Waals surface area contributed by atoms with Crippen molar-refractivity contribution in [2.75, 3.05) is 32.7 Å². The van der Waals surface area contributed by atoms with Crippen molar-refractivity contribution in [2.24, 2.45) is 5.73 Å². The zero-order valence-corrected chi connectivity index (χ0v) is 13.2. The molecule has 0 aromatic heterocycles. The molecule has 1 aromatic carbocycles. The van der Waals surface area contributed by atoms with Crippen molar-refractivity contribution >= 4 is 0 Å². The zero-order valence-electron chi connectivity index (χ0n) is 13.2. The Balaban J connectivity index is 1.82. The number of piperazine rings is 1. The third-order valence-electron chi connectivity index (χ3n) is 4.36. The standard InChI is InChI=1S/C17H29N3/c1-17(2,3)20-12-10-19(11-13-20)9-8-15-6-4-5-7-16(15)14-18/h4-7H,8-14,18H2,1-3H3. The van der Waals surface area contributed by atoms with Gasteiger partial charge in [0, 0.05) is 44.8 Å². The van der Waals surface area contributed by atoms with Gasteiger partial charge in [-0.05, 0) is 38.3 Å². The molecule has 3 nitrogen and oxygen atoms in total. The second-order valence-electron chi connectivity index (χ2n) is 6.72. The molecule has 0 unspecified atom stereocenters. The van der Waals surface area contributed by atoms with E-state index in [0.717, 1.165) is 13.0 Å². The summed E-state index contributed by atoms with van der Waals surface area (Å²) in [5, 5.41) is 0. The van der Waals surface area contributed by atoms with Crippen LogP contribution in [0.1, 0.15) is 31.9 Å². The molecule has 1 aromatic rings. The van der Waals surface area contributed by atoms with Crippen LogP contribution in [0, 0.1) is 0 Å². The minimum absolute atomic E-state index is 0.304. The summed E-state index contributed by atoms with van der Waals surface area (Å²) in [6.45, 7) is 13.4. The van der Waals surface area contributed by atoms with Crippen LogP contribution < -0.4 is 5.73 Å². The minimum Gasteiger partial charge on any atom is -0.326 e. The van der Waals surface area contributed by atoms with Crippen molar-refractivity contribution in [2.45, 2.75) is 39.3 Å². The molecular weight excluding hydrogens is 246 g/mol. The lowest BCUT2D eigenvalue weighted by molar-refractivity contribution is 0.0628. The van der Waals surface area contributed by atoms with Gasteiger partial charge in [0.1, 0.15) is 0 Å². The summed E-state index contributed by atoms with van der Waals surface area (Å²) in [5.41, 5.74) is 8.81. The molecule has 0 aliphatic carbocycles. The minimum atomic E-state index is 0.304. The van der Waals surface area contributed by atoms with Crippen LogP contribution in [0.3, 0.4) is 0 Å². The fraction of sp³-hybridized carbons (Fsp3) is 0.647. The smallest absolute Gasteiger partial charge is 0.0180 e. The molecule has 2 N–H and O–H groups in total. The van der Waals surface area contributed by atoms with Gasteiger partial charge in [-0.15, -0.1) is 0 Å². The third kappa shape index (κ3) is 4.05. The first-order chi connectivity index (χ1) is 9.50. The SMILES string of the molecule is CC(C)(C)N1CCN(CCc2ccccc2CN)CC1. The Morgan fingerprint density at radius 3 is 2.15 bits per heavy atom. The van der Waals surface area contributed by atoms with Gasteiger partial charge in [-0.3, -0.25) is 4.90 Å². The summed E-state index contributed by atoms with van der Waals surface area (Å²) in [6, 6.07) is 8.56. The summed E-state index contributed by atoms with van der Waals surface area (Å²) < 4.78 is 0. The molecule has 0 amide bonds. The molecule has 112 valence electrons. The maximum absolute atomic E-state index is 5.81. The zero-order chi connectivity index (χ0) is 14.6. The summed E-state index contributed by atoms with van der Waals surface area (Å²) in [6.07, 6.45) is 1.11. The van der Waals surface area contributed by atoms with Crippen LogP contribution in [0.4, 0.5) is 0 Å². The van der Waals surface area contributed by atoms with Crippen LogP contribution in [0.25, 0.3) is 0 Å². The van der Waals surface area contributed by atoms with Crippen molar-refractivity contribution in [3.8, 4) is 0 Å². The van der Waals surface area contributed by atoms with Crippen LogP contribution in [0.15, 0.2) is 24.3 Å². The fourth-order valence-corrected chi connectivity index (χ4v) is 2.92. The first kappa shape index (κ1) is 15.5. The van der Waals surface area contributed by atoms with Crippen LogP contribution in [-0.4, -0.2) is 48.1 Å². The van der Waals surface area contributed by atoms with Crippen molar-refractivity contribution < 1.29 is 0 Å². The van der Waals surface area contributed by atoms with Crippen molar-refractivity contribution in [1.82, 2.24) is 9.80 Å². The largest absolute Gasteiger partial charge is 0.326 e. The molecule has 1 fully saturated rings. The van der Waals surface area contributed by atoms with Gasteiger partial charge in [0.15, 0.2) is 0 Å². The highest BCUT2D eigenvalue weighted by atomic mass is 15.3. The van der Waals surface area contributed by atoms with E-state index >= 15 is 0 Å². The highest BCUT2D eigenvalue weighted by Crippen LogP contribution is 2.16. The van der Waals surface area contributed by atoms with Gasteiger partial charge >= 0.3 is 0 Å². The third-order valence-corrected chi connectivity index (χ3v) is 4.36. The molecule has 0 radical (unpaired) electrons.